The van der Waals surface area contributed by atoms with E-state index in [1.165, 1.54) is 43.8 Å². The van der Waals surface area contributed by atoms with Crippen LogP contribution in [0.4, 0.5) is 0 Å². The van der Waals surface area contributed by atoms with Crippen molar-refractivity contribution >= 4 is 11.3 Å². The number of hydrogen-bond donors (Lipinski definition) is 1. The minimum Gasteiger partial charge on any atom is -0.310 e. The zero-order valence-corrected chi connectivity index (χ0v) is 11.4. The van der Waals surface area contributed by atoms with Gasteiger partial charge in [0.1, 0.15) is 0 Å². The van der Waals surface area contributed by atoms with Crippen molar-refractivity contribution in [1.29, 1.82) is 0 Å². The van der Waals surface area contributed by atoms with Crippen LogP contribution in [0.3, 0.4) is 0 Å². The highest BCUT2D eigenvalue weighted by Gasteiger charge is 2.42. The van der Waals surface area contributed by atoms with Gasteiger partial charge in [-0.2, -0.15) is 0 Å². The zero-order chi connectivity index (χ0) is 11.7. The molecule has 1 aromatic rings. The zero-order valence-electron chi connectivity index (χ0n) is 10.6. The van der Waals surface area contributed by atoms with Crippen LogP contribution >= 0.6 is 11.3 Å². The number of thiophene rings is 1. The molecule has 2 aliphatic rings. The van der Waals surface area contributed by atoms with Gasteiger partial charge < -0.3 is 5.32 Å². The molecule has 0 aromatic carbocycles. The third-order valence-corrected chi connectivity index (χ3v) is 5.03. The molecule has 0 radical (unpaired) electrons. The third-order valence-electron chi connectivity index (χ3n) is 4.17. The summed E-state index contributed by atoms with van der Waals surface area (Å²) in [4.78, 5) is 4.15. The maximum absolute atomic E-state index is 3.79. The van der Waals surface area contributed by atoms with E-state index >= 15 is 0 Å². The van der Waals surface area contributed by atoms with E-state index in [1.54, 1.807) is 0 Å². The van der Waals surface area contributed by atoms with Crippen LogP contribution in [0.15, 0.2) is 17.5 Å². The van der Waals surface area contributed by atoms with Crippen LogP contribution in [0, 0.1) is 5.92 Å². The monoisotopic (exact) mass is 250 g/mol. The van der Waals surface area contributed by atoms with Crippen LogP contribution in [0.25, 0.3) is 0 Å². The Bertz CT molecular complexity index is 358. The van der Waals surface area contributed by atoms with Crippen LogP contribution in [0.1, 0.15) is 31.1 Å². The van der Waals surface area contributed by atoms with Crippen molar-refractivity contribution < 1.29 is 0 Å². The van der Waals surface area contributed by atoms with E-state index < -0.39 is 0 Å². The molecule has 2 nitrogen and oxygen atoms in total. The summed E-state index contributed by atoms with van der Waals surface area (Å²) in [5.74, 6) is 0.923. The molecule has 2 heterocycles. The molecule has 0 spiro atoms. The van der Waals surface area contributed by atoms with E-state index in [2.05, 4.69) is 34.7 Å². The number of rotatable bonds is 3. The van der Waals surface area contributed by atoms with E-state index in [9.17, 15) is 0 Å². The summed E-state index contributed by atoms with van der Waals surface area (Å²) < 4.78 is 0. The molecule has 0 amide bonds. The summed E-state index contributed by atoms with van der Waals surface area (Å²) in [6, 6.07) is 4.42. The van der Waals surface area contributed by atoms with Crippen LogP contribution in [0.2, 0.25) is 0 Å². The number of nitrogens with zero attached hydrogens (tertiary/aromatic N) is 1. The molecule has 1 saturated carbocycles. The molecule has 1 N–H and O–H groups in total. The Kier molecular flexibility index (Phi) is 3.24. The molecule has 94 valence electrons. The van der Waals surface area contributed by atoms with Crippen LogP contribution in [-0.2, 0) is 6.54 Å². The second-order valence-corrected chi connectivity index (χ2v) is 6.79. The van der Waals surface area contributed by atoms with E-state index in [1.807, 2.05) is 11.3 Å². The van der Waals surface area contributed by atoms with E-state index in [4.69, 9.17) is 0 Å². The Morgan fingerprint density at radius 2 is 2.41 bits per heavy atom. The van der Waals surface area contributed by atoms with Gasteiger partial charge in [0.2, 0.25) is 0 Å². The second-order valence-electron chi connectivity index (χ2n) is 5.76. The van der Waals surface area contributed by atoms with Gasteiger partial charge in [-0.25, -0.2) is 0 Å². The smallest absolute Gasteiger partial charge is 0.0328 e. The Labute approximate surface area is 108 Å². The molecule has 3 heteroatoms. The van der Waals surface area contributed by atoms with Crippen molar-refractivity contribution in [1.82, 2.24) is 10.2 Å². The van der Waals surface area contributed by atoms with E-state index in [0.717, 1.165) is 12.5 Å². The molecule has 17 heavy (non-hydrogen) atoms. The second kappa shape index (κ2) is 4.71. The van der Waals surface area contributed by atoms with Gasteiger partial charge in [0.15, 0.2) is 0 Å². The summed E-state index contributed by atoms with van der Waals surface area (Å²) in [6.07, 6.45) is 4.14. The quantitative estimate of drug-likeness (QED) is 0.887. The lowest BCUT2D eigenvalue weighted by atomic mass is 9.95. The van der Waals surface area contributed by atoms with Gasteiger partial charge in [-0.3, -0.25) is 4.90 Å². The maximum Gasteiger partial charge on any atom is 0.0328 e. The Morgan fingerprint density at radius 3 is 3.12 bits per heavy atom. The summed E-state index contributed by atoms with van der Waals surface area (Å²) >= 11 is 1.89. The fraction of sp³-hybridized carbons (Fsp3) is 0.714. The lowest BCUT2D eigenvalue weighted by Gasteiger charge is -2.33. The number of hydrogen-bond acceptors (Lipinski definition) is 3. The highest BCUT2D eigenvalue weighted by atomic mass is 32.1. The molecule has 1 aromatic heterocycles. The van der Waals surface area contributed by atoms with Gasteiger partial charge >= 0.3 is 0 Å². The van der Waals surface area contributed by atoms with Crippen LogP contribution in [0.5, 0.6) is 0 Å². The minimum absolute atomic E-state index is 0.369. The molecular formula is C14H22N2S. The standard InChI is InChI=1S/C14H22N2S/c1-14(12-5-6-12)11-16(8-3-7-15-14)10-13-4-2-9-17-13/h2,4,9,12,15H,3,5-8,10-11H2,1H3. The Hall–Kier alpha value is -0.380. The van der Waals surface area contributed by atoms with Crippen molar-refractivity contribution in [3.05, 3.63) is 22.4 Å². The average Bonchev–Trinajstić information content (AvgIpc) is 3.07. The highest BCUT2D eigenvalue weighted by molar-refractivity contribution is 7.09. The SMILES string of the molecule is CC1(C2CC2)CN(Cc2cccs2)CCCN1. The molecular weight excluding hydrogens is 228 g/mol. The van der Waals surface area contributed by atoms with Gasteiger partial charge in [0, 0.05) is 23.5 Å². The lowest BCUT2D eigenvalue weighted by Crippen LogP contribution is -2.50. The normalized spacial score (nSPS) is 31.4. The van der Waals surface area contributed by atoms with Crippen molar-refractivity contribution in [3.8, 4) is 0 Å². The summed E-state index contributed by atoms with van der Waals surface area (Å²) in [6.45, 7) is 7.22. The molecule has 1 atom stereocenters. The van der Waals surface area contributed by atoms with Gasteiger partial charge in [-0.1, -0.05) is 6.07 Å². The lowest BCUT2D eigenvalue weighted by molar-refractivity contribution is 0.196. The van der Waals surface area contributed by atoms with Crippen molar-refractivity contribution in [3.63, 3.8) is 0 Å². The molecule has 1 unspecified atom stereocenters. The van der Waals surface area contributed by atoms with E-state index in [0.29, 0.717) is 5.54 Å². The fourth-order valence-corrected chi connectivity index (χ4v) is 3.77. The first-order valence-corrected chi connectivity index (χ1v) is 7.64. The summed E-state index contributed by atoms with van der Waals surface area (Å²) in [5.41, 5.74) is 0.369. The molecule has 1 aliphatic carbocycles. The van der Waals surface area contributed by atoms with Gasteiger partial charge in [-0.15, -0.1) is 11.3 Å². The topological polar surface area (TPSA) is 15.3 Å². The predicted octanol–water partition coefficient (Wildman–Crippen LogP) is 2.71. The minimum atomic E-state index is 0.369. The Balaban J connectivity index is 1.67. The molecule has 0 bridgehead atoms. The van der Waals surface area contributed by atoms with Gasteiger partial charge in [0.05, 0.1) is 0 Å². The highest BCUT2D eigenvalue weighted by Crippen LogP contribution is 2.40. The third kappa shape index (κ3) is 2.72. The number of nitrogens with one attached hydrogen (secondary N) is 1. The van der Waals surface area contributed by atoms with Crippen molar-refractivity contribution in [2.24, 2.45) is 5.92 Å². The summed E-state index contributed by atoms with van der Waals surface area (Å²) in [7, 11) is 0. The molecule has 1 aliphatic heterocycles. The first kappa shape index (κ1) is 11.7. The van der Waals surface area contributed by atoms with Crippen molar-refractivity contribution in [2.45, 2.75) is 38.3 Å². The van der Waals surface area contributed by atoms with Crippen molar-refractivity contribution in [2.75, 3.05) is 19.6 Å². The van der Waals surface area contributed by atoms with Crippen LogP contribution < -0.4 is 5.32 Å². The first-order chi connectivity index (χ1) is 8.26. The molecule has 2 fully saturated rings. The fourth-order valence-electron chi connectivity index (χ4n) is 3.03. The Morgan fingerprint density at radius 1 is 1.53 bits per heavy atom. The largest absolute Gasteiger partial charge is 0.310 e. The average molecular weight is 250 g/mol. The predicted molar refractivity (Wildman–Crippen MR) is 73.3 cm³/mol. The maximum atomic E-state index is 3.79. The molecule has 3 rings (SSSR count). The first-order valence-electron chi connectivity index (χ1n) is 6.76. The van der Waals surface area contributed by atoms with E-state index in [-0.39, 0.29) is 0 Å². The van der Waals surface area contributed by atoms with Gasteiger partial charge in [0.25, 0.3) is 0 Å². The molecule has 1 saturated heterocycles. The van der Waals surface area contributed by atoms with Gasteiger partial charge in [-0.05, 0) is 56.6 Å². The summed E-state index contributed by atoms with van der Waals surface area (Å²) in [5, 5.41) is 5.98. The van der Waals surface area contributed by atoms with Crippen LogP contribution in [-0.4, -0.2) is 30.1 Å².